The van der Waals surface area contributed by atoms with E-state index in [0.29, 0.717) is 5.56 Å². The molecule has 2 aromatic rings. The number of benzene rings is 1. The van der Waals surface area contributed by atoms with E-state index in [0.717, 1.165) is 17.0 Å². The van der Waals surface area contributed by atoms with Gasteiger partial charge < -0.3 is 4.74 Å². The quantitative estimate of drug-likeness (QED) is 0.740. The van der Waals surface area contributed by atoms with Crippen molar-refractivity contribution in [3.63, 3.8) is 0 Å². The first-order valence-corrected chi connectivity index (χ1v) is 5.18. The van der Waals surface area contributed by atoms with Gasteiger partial charge in [-0.2, -0.15) is 0 Å². The van der Waals surface area contributed by atoms with Gasteiger partial charge in [-0.3, -0.25) is 9.97 Å². The third kappa shape index (κ3) is 2.47. The molecule has 1 aromatic heterocycles. The number of aromatic nitrogens is 2. The summed E-state index contributed by atoms with van der Waals surface area (Å²) in [5.74, 6) is -0.341. The molecule has 0 fully saturated rings. The van der Waals surface area contributed by atoms with Crippen molar-refractivity contribution in [2.45, 2.75) is 6.92 Å². The van der Waals surface area contributed by atoms with Gasteiger partial charge >= 0.3 is 5.97 Å². The molecule has 0 amide bonds. The lowest BCUT2D eigenvalue weighted by Crippen LogP contribution is -2.00. The van der Waals surface area contributed by atoms with Crippen LogP contribution in [0.3, 0.4) is 0 Å². The predicted molar refractivity (Wildman–Crippen MR) is 63.5 cm³/mol. The van der Waals surface area contributed by atoms with E-state index >= 15 is 0 Å². The van der Waals surface area contributed by atoms with Crippen molar-refractivity contribution in [2.24, 2.45) is 0 Å². The van der Waals surface area contributed by atoms with Crippen molar-refractivity contribution in [3.05, 3.63) is 47.9 Å². The van der Waals surface area contributed by atoms with Crippen LogP contribution in [-0.2, 0) is 4.74 Å². The van der Waals surface area contributed by atoms with Gasteiger partial charge in [-0.1, -0.05) is 12.1 Å². The van der Waals surface area contributed by atoms with Crippen LogP contribution in [0.4, 0.5) is 0 Å². The summed E-state index contributed by atoms with van der Waals surface area (Å²) < 4.78 is 4.63. The van der Waals surface area contributed by atoms with E-state index in [2.05, 4.69) is 14.7 Å². The fourth-order valence-corrected chi connectivity index (χ4v) is 1.44. The maximum absolute atomic E-state index is 11.3. The Bertz CT molecular complexity index is 518. The standard InChI is InChI=1S/C13H12N2O2/c1-9-7-15-12(8-14-9)10-3-5-11(6-4-10)13(16)17-2/h3-8H,1-2H3. The van der Waals surface area contributed by atoms with Crippen LogP contribution in [-0.4, -0.2) is 23.0 Å². The number of esters is 1. The molecule has 0 saturated carbocycles. The fourth-order valence-electron chi connectivity index (χ4n) is 1.44. The van der Waals surface area contributed by atoms with E-state index in [1.165, 1.54) is 7.11 Å². The minimum absolute atomic E-state index is 0.341. The van der Waals surface area contributed by atoms with Crippen LogP contribution in [0.1, 0.15) is 16.1 Å². The van der Waals surface area contributed by atoms with Crippen molar-refractivity contribution in [1.82, 2.24) is 9.97 Å². The minimum Gasteiger partial charge on any atom is -0.465 e. The van der Waals surface area contributed by atoms with E-state index in [9.17, 15) is 4.79 Å². The molecule has 17 heavy (non-hydrogen) atoms. The van der Waals surface area contributed by atoms with Crippen LogP contribution in [0.2, 0.25) is 0 Å². The van der Waals surface area contributed by atoms with Crippen molar-refractivity contribution in [1.29, 1.82) is 0 Å². The summed E-state index contributed by atoms with van der Waals surface area (Å²) >= 11 is 0. The molecule has 1 heterocycles. The van der Waals surface area contributed by atoms with E-state index in [4.69, 9.17) is 0 Å². The highest BCUT2D eigenvalue weighted by atomic mass is 16.5. The molecule has 4 heteroatoms. The predicted octanol–water partition coefficient (Wildman–Crippen LogP) is 2.24. The molecule has 0 unspecified atom stereocenters. The van der Waals surface area contributed by atoms with Crippen molar-refractivity contribution in [2.75, 3.05) is 7.11 Å². The van der Waals surface area contributed by atoms with Gasteiger partial charge in [0.25, 0.3) is 0 Å². The van der Waals surface area contributed by atoms with Gasteiger partial charge in [0.2, 0.25) is 0 Å². The van der Waals surface area contributed by atoms with Gasteiger partial charge in [-0.25, -0.2) is 4.79 Å². The average molecular weight is 228 g/mol. The second-order valence-corrected chi connectivity index (χ2v) is 3.61. The molecule has 0 aliphatic carbocycles. The molecular formula is C13H12N2O2. The SMILES string of the molecule is COC(=O)c1ccc(-c2cnc(C)cn2)cc1. The van der Waals surface area contributed by atoms with Gasteiger partial charge in [0.15, 0.2) is 0 Å². The lowest BCUT2D eigenvalue weighted by atomic mass is 10.1. The monoisotopic (exact) mass is 228 g/mol. The van der Waals surface area contributed by atoms with E-state index in [1.54, 1.807) is 24.5 Å². The Hall–Kier alpha value is -2.23. The lowest BCUT2D eigenvalue weighted by Gasteiger charge is -2.02. The first-order valence-electron chi connectivity index (χ1n) is 5.18. The first-order chi connectivity index (χ1) is 8.20. The van der Waals surface area contributed by atoms with Crippen LogP contribution in [0.15, 0.2) is 36.7 Å². The Morgan fingerprint density at radius 1 is 1.12 bits per heavy atom. The maximum Gasteiger partial charge on any atom is 0.337 e. The largest absolute Gasteiger partial charge is 0.465 e. The number of aryl methyl sites for hydroxylation is 1. The topological polar surface area (TPSA) is 52.1 Å². The second-order valence-electron chi connectivity index (χ2n) is 3.61. The molecule has 0 N–H and O–H groups in total. The second kappa shape index (κ2) is 4.74. The molecule has 0 aliphatic heterocycles. The fraction of sp³-hybridized carbons (Fsp3) is 0.154. The molecule has 0 bridgehead atoms. The highest BCUT2D eigenvalue weighted by Gasteiger charge is 2.05. The third-order valence-corrected chi connectivity index (χ3v) is 2.38. The summed E-state index contributed by atoms with van der Waals surface area (Å²) in [4.78, 5) is 19.7. The van der Waals surface area contributed by atoms with Gasteiger partial charge in [-0.15, -0.1) is 0 Å². The Morgan fingerprint density at radius 3 is 2.35 bits per heavy atom. The number of methoxy groups -OCH3 is 1. The summed E-state index contributed by atoms with van der Waals surface area (Å²) in [6.45, 7) is 1.89. The van der Waals surface area contributed by atoms with E-state index in [1.807, 2.05) is 19.1 Å². The zero-order valence-corrected chi connectivity index (χ0v) is 9.68. The van der Waals surface area contributed by atoms with Crippen molar-refractivity contribution >= 4 is 5.97 Å². The minimum atomic E-state index is -0.341. The summed E-state index contributed by atoms with van der Waals surface area (Å²) in [5, 5.41) is 0. The zero-order valence-electron chi connectivity index (χ0n) is 9.68. The van der Waals surface area contributed by atoms with Gasteiger partial charge in [0, 0.05) is 11.8 Å². The summed E-state index contributed by atoms with van der Waals surface area (Å²) in [7, 11) is 1.36. The lowest BCUT2D eigenvalue weighted by molar-refractivity contribution is 0.0601. The maximum atomic E-state index is 11.3. The van der Waals surface area contributed by atoms with Crippen LogP contribution < -0.4 is 0 Å². The molecule has 86 valence electrons. The number of hydrogen-bond acceptors (Lipinski definition) is 4. The zero-order chi connectivity index (χ0) is 12.3. The molecule has 0 spiro atoms. The number of carbonyl (C=O) groups is 1. The number of rotatable bonds is 2. The number of carbonyl (C=O) groups excluding carboxylic acids is 1. The molecule has 0 atom stereocenters. The van der Waals surface area contributed by atoms with Crippen molar-refractivity contribution < 1.29 is 9.53 Å². The highest BCUT2D eigenvalue weighted by Crippen LogP contribution is 2.16. The Kier molecular flexibility index (Phi) is 3.14. The molecular weight excluding hydrogens is 216 g/mol. The van der Waals surface area contributed by atoms with Crippen LogP contribution in [0.25, 0.3) is 11.3 Å². The van der Waals surface area contributed by atoms with Crippen LogP contribution in [0.5, 0.6) is 0 Å². The van der Waals surface area contributed by atoms with Crippen LogP contribution >= 0.6 is 0 Å². The smallest absolute Gasteiger partial charge is 0.337 e. The summed E-state index contributed by atoms with van der Waals surface area (Å²) in [6, 6.07) is 7.07. The summed E-state index contributed by atoms with van der Waals surface area (Å²) in [6.07, 6.45) is 3.42. The number of nitrogens with zero attached hydrogens (tertiary/aromatic N) is 2. The first kappa shape index (κ1) is 11.3. The Labute approximate surface area is 99.3 Å². The Balaban J connectivity index is 2.29. The van der Waals surface area contributed by atoms with Crippen molar-refractivity contribution in [3.8, 4) is 11.3 Å². The van der Waals surface area contributed by atoms with Crippen LogP contribution in [0, 0.1) is 6.92 Å². The number of hydrogen-bond donors (Lipinski definition) is 0. The molecule has 0 aliphatic rings. The average Bonchev–Trinajstić information content (AvgIpc) is 2.39. The molecule has 2 rings (SSSR count). The molecule has 1 aromatic carbocycles. The van der Waals surface area contributed by atoms with Gasteiger partial charge in [-0.05, 0) is 19.1 Å². The van der Waals surface area contributed by atoms with Gasteiger partial charge in [0.1, 0.15) is 0 Å². The number of ether oxygens (including phenoxy) is 1. The molecule has 0 saturated heterocycles. The molecule has 0 radical (unpaired) electrons. The highest BCUT2D eigenvalue weighted by molar-refractivity contribution is 5.89. The van der Waals surface area contributed by atoms with E-state index in [-0.39, 0.29) is 5.97 Å². The van der Waals surface area contributed by atoms with E-state index < -0.39 is 0 Å². The Morgan fingerprint density at radius 2 is 1.82 bits per heavy atom. The third-order valence-electron chi connectivity index (χ3n) is 2.38. The normalized spacial score (nSPS) is 10.0. The van der Waals surface area contributed by atoms with Gasteiger partial charge in [0.05, 0.1) is 30.3 Å². The summed E-state index contributed by atoms with van der Waals surface area (Å²) in [5.41, 5.74) is 3.11. The molecule has 4 nitrogen and oxygen atoms in total.